The fraction of sp³-hybridized carbons (Fsp3) is 0. The van der Waals surface area contributed by atoms with Crippen molar-refractivity contribution in [2.24, 2.45) is 0 Å². The van der Waals surface area contributed by atoms with Crippen molar-refractivity contribution in [3.8, 4) is 6.07 Å². The molecule has 2 aromatic rings. The Morgan fingerprint density at radius 2 is 2.50 bits per heavy atom. The summed E-state index contributed by atoms with van der Waals surface area (Å²) in [7, 11) is 0. The molecule has 58 valence electrons. The first-order valence-electron chi connectivity index (χ1n) is 3.28. The highest BCUT2D eigenvalue weighted by atomic mass is 16.1. The summed E-state index contributed by atoms with van der Waals surface area (Å²) in [5.41, 5.74) is 0.513. The van der Waals surface area contributed by atoms with Gasteiger partial charge in [-0.15, -0.1) is 0 Å². The topological polar surface area (TPSA) is 73.9 Å². The van der Waals surface area contributed by atoms with Crippen LogP contribution < -0.4 is 5.56 Å². The van der Waals surface area contributed by atoms with Crippen LogP contribution in [0.4, 0.5) is 0 Å². The van der Waals surface area contributed by atoms with Gasteiger partial charge < -0.3 is 0 Å². The van der Waals surface area contributed by atoms with Crippen molar-refractivity contribution in [2.45, 2.75) is 0 Å². The van der Waals surface area contributed by atoms with Crippen LogP contribution in [0.25, 0.3) is 5.65 Å². The summed E-state index contributed by atoms with van der Waals surface area (Å²) in [5, 5.41) is 11.2. The second-order valence-corrected chi connectivity index (χ2v) is 2.24. The summed E-state index contributed by atoms with van der Waals surface area (Å²) in [5.74, 6) is 0. The van der Waals surface area contributed by atoms with Gasteiger partial charge in [-0.3, -0.25) is 9.89 Å². The minimum atomic E-state index is -0.221. The number of nitrogens with zero attached hydrogens (tertiary/aromatic N) is 3. The number of H-pyrrole nitrogens is 1. The lowest BCUT2D eigenvalue weighted by atomic mass is 10.4. The molecule has 0 unspecified atom stereocenters. The largest absolute Gasteiger partial charge is 0.295 e. The second kappa shape index (κ2) is 2.20. The molecule has 2 aromatic heterocycles. The van der Waals surface area contributed by atoms with E-state index in [1.807, 2.05) is 6.07 Å². The molecule has 0 aliphatic carbocycles. The average molecular weight is 160 g/mol. The number of hydrogen-bond donors (Lipinski definition) is 1. The van der Waals surface area contributed by atoms with Crippen molar-refractivity contribution in [1.82, 2.24) is 14.6 Å². The van der Waals surface area contributed by atoms with Gasteiger partial charge in [0.25, 0.3) is 5.56 Å². The lowest BCUT2D eigenvalue weighted by Gasteiger charge is -1.88. The molecule has 2 rings (SSSR count). The van der Waals surface area contributed by atoms with Gasteiger partial charge in [0.15, 0.2) is 5.65 Å². The summed E-state index contributed by atoms with van der Waals surface area (Å²) < 4.78 is 1.22. The Labute approximate surface area is 66.9 Å². The molecule has 0 aliphatic heterocycles. The number of fused-ring (bicyclic) bond motifs is 1. The Bertz CT molecular complexity index is 516. The van der Waals surface area contributed by atoms with Crippen LogP contribution in [0.2, 0.25) is 0 Å². The van der Waals surface area contributed by atoms with Gasteiger partial charge in [0, 0.05) is 18.5 Å². The van der Waals surface area contributed by atoms with E-state index >= 15 is 0 Å². The van der Waals surface area contributed by atoms with Crippen LogP contribution in [0.5, 0.6) is 0 Å². The smallest absolute Gasteiger partial charge is 0.272 e. The number of aromatic nitrogens is 3. The Balaban J connectivity index is 3.01. The van der Waals surface area contributed by atoms with Crippen molar-refractivity contribution in [1.29, 1.82) is 5.26 Å². The quantitative estimate of drug-likeness (QED) is 0.584. The van der Waals surface area contributed by atoms with Gasteiger partial charge in [0.2, 0.25) is 0 Å². The zero-order chi connectivity index (χ0) is 8.55. The highest BCUT2D eigenvalue weighted by Gasteiger charge is 2.03. The van der Waals surface area contributed by atoms with Crippen molar-refractivity contribution in [2.75, 3.05) is 0 Å². The van der Waals surface area contributed by atoms with Gasteiger partial charge in [0.1, 0.15) is 11.6 Å². The zero-order valence-electron chi connectivity index (χ0n) is 5.98. The predicted molar refractivity (Wildman–Crippen MR) is 40.5 cm³/mol. The first-order chi connectivity index (χ1) is 5.83. The van der Waals surface area contributed by atoms with E-state index < -0.39 is 0 Å². The number of aromatic amines is 1. The molecule has 0 fully saturated rings. The van der Waals surface area contributed by atoms with Gasteiger partial charge in [-0.05, 0) is 0 Å². The van der Waals surface area contributed by atoms with Gasteiger partial charge in [-0.2, -0.15) is 5.26 Å². The Morgan fingerprint density at radius 1 is 1.67 bits per heavy atom. The third-order valence-electron chi connectivity index (χ3n) is 1.55. The molecule has 0 saturated carbocycles. The van der Waals surface area contributed by atoms with Crippen LogP contribution in [0.3, 0.4) is 0 Å². The van der Waals surface area contributed by atoms with E-state index in [1.165, 1.54) is 23.0 Å². The molecule has 0 amide bonds. The van der Waals surface area contributed by atoms with E-state index in [9.17, 15) is 4.79 Å². The summed E-state index contributed by atoms with van der Waals surface area (Å²) in [6, 6.07) is 3.25. The minimum Gasteiger partial charge on any atom is -0.295 e. The highest BCUT2D eigenvalue weighted by Crippen LogP contribution is 2.01. The Hall–Kier alpha value is -2.09. The monoisotopic (exact) mass is 160 g/mol. The lowest BCUT2D eigenvalue weighted by molar-refractivity contribution is 0.899. The first kappa shape index (κ1) is 6.61. The van der Waals surface area contributed by atoms with Crippen LogP contribution in [0, 0.1) is 11.3 Å². The van der Waals surface area contributed by atoms with Crippen molar-refractivity contribution < 1.29 is 0 Å². The van der Waals surface area contributed by atoms with E-state index in [-0.39, 0.29) is 5.56 Å². The van der Waals surface area contributed by atoms with Gasteiger partial charge in [-0.1, -0.05) is 0 Å². The van der Waals surface area contributed by atoms with Crippen molar-refractivity contribution in [3.05, 3.63) is 34.4 Å². The van der Waals surface area contributed by atoms with Crippen molar-refractivity contribution in [3.63, 3.8) is 0 Å². The van der Waals surface area contributed by atoms with E-state index in [1.54, 1.807) is 0 Å². The maximum absolute atomic E-state index is 11.1. The molecule has 0 spiro atoms. The fourth-order valence-electron chi connectivity index (χ4n) is 0.999. The van der Waals surface area contributed by atoms with E-state index in [2.05, 4.69) is 10.1 Å². The molecule has 1 N–H and O–H groups in total. The number of nitriles is 1. The normalized spacial score (nSPS) is 9.92. The lowest BCUT2D eigenvalue weighted by Crippen LogP contribution is -2.12. The van der Waals surface area contributed by atoms with Crippen molar-refractivity contribution >= 4 is 5.65 Å². The summed E-state index contributed by atoms with van der Waals surface area (Å²) in [6.45, 7) is 0. The molecule has 0 bridgehead atoms. The second-order valence-electron chi connectivity index (χ2n) is 2.24. The summed E-state index contributed by atoms with van der Waals surface area (Å²) in [6.07, 6.45) is 2.83. The molecule has 12 heavy (non-hydrogen) atoms. The zero-order valence-corrected chi connectivity index (χ0v) is 5.98. The Kier molecular flexibility index (Phi) is 1.21. The predicted octanol–water partition coefficient (Wildman–Crippen LogP) is -0.106. The Morgan fingerprint density at radius 3 is 3.25 bits per heavy atom. The number of hydrogen-bond acceptors (Lipinski definition) is 3. The molecular formula is C7H4N4O. The molecule has 0 saturated heterocycles. The average Bonchev–Trinajstić information content (AvgIpc) is 2.49. The molecule has 0 aliphatic rings. The molecule has 0 aromatic carbocycles. The van der Waals surface area contributed by atoms with Gasteiger partial charge >= 0.3 is 0 Å². The molecule has 5 heteroatoms. The van der Waals surface area contributed by atoms with Gasteiger partial charge in [0.05, 0.1) is 0 Å². The van der Waals surface area contributed by atoms with Gasteiger partial charge in [-0.25, -0.2) is 9.50 Å². The standard InChI is InChI=1S/C7H4N4O/c8-3-5-4-10-11-6(12)1-2-9-7(5)11/h1-2,4,10H. The minimum absolute atomic E-state index is 0.221. The number of nitrogens with one attached hydrogen (secondary N) is 1. The molecular weight excluding hydrogens is 156 g/mol. The van der Waals surface area contributed by atoms with E-state index in [0.717, 1.165) is 0 Å². The molecule has 0 radical (unpaired) electrons. The van der Waals surface area contributed by atoms with Crippen LogP contribution >= 0.6 is 0 Å². The molecule has 0 atom stereocenters. The molecule has 5 nitrogen and oxygen atoms in total. The third-order valence-corrected chi connectivity index (χ3v) is 1.55. The maximum Gasteiger partial charge on any atom is 0.272 e. The third kappa shape index (κ3) is 0.720. The van der Waals surface area contributed by atoms with E-state index in [0.29, 0.717) is 11.2 Å². The van der Waals surface area contributed by atoms with E-state index in [4.69, 9.17) is 5.26 Å². The summed E-state index contributed by atoms with van der Waals surface area (Å²) in [4.78, 5) is 15.0. The number of rotatable bonds is 0. The van der Waals surface area contributed by atoms with Crippen LogP contribution in [0.1, 0.15) is 5.56 Å². The molecule has 2 heterocycles. The van der Waals surface area contributed by atoms with Crippen LogP contribution in [0.15, 0.2) is 23.3 Å². The van der Waals surface area contributed by atoms with Crippen LogP contribution in [-0.2, 0) is 0 Å². The van der Waals surface area contributed by atoms with Crippen LogP contribution in [-0.4, -0.2) is 14.6 Å². The highest BCUT2D eigenvalue weighted by molar-refractivity contribution is 5.52. The first-order valence-corrected chi connectivity index (χ1v) is 3.28. The summed E-state index contributed by atoms with van der Waals surface area (Å²) >= 11 is 0. The SMILES string of the molecule is N#Cc1c[nH]n2c(=O)ccnc12. The fourth-order valence-corrected chi connectivity index (χ4v) is 0.999. The maximum atomic E-state index is 11.1.